The lowest BCUT2D eigenvalue weighted by molar-refractivity contribution is -0.347. The molecule has 1 fully saturated rings. The predicted octanol–water partition coefficient (Wildman–Crippen LogP) is 3.19. The van der Waals surface area contributed by atoms with Crippen molar-refractivity contribution in [1.29, 1.82) is 0 Å². The zero-order valence-electron chi connectivity index (χ0n) is 16.2. The maximum absolute atomic E-state index is 13.5. The van der Waals surface area contributed by atoms with Crippen molar-refractivity contribution in [3.8, 4) is 0 Å². The molecule has 0 amide bonds. The molecular weight excluding hydrogens is 372 g/mol. The molecule has 3 aromatic rings. The number of aryl methyl sites for hydroxylation is 2. The minimum atomic E-state index is -3.66. The Morgan fingerprint density at radius 1 is 1.07 bits per heavy atom. The first-order valence-corrected chi connectivity index (χ1v) is 11.1. The summed E-state index contributed by atoms with van der Waals surface area (Å²) in [6, 6.07) is 13.3. The predicted molar refractivity (Wildman–Crippen MR) is 110 cm³/mol. The van der Waals surface area contributed by atoms with E-state index in [1.165, 1.54) is 0 Å². The molecule has 1 saturated heterocycles. The summed E-state index contributed by atoms with van der Waals surface area (Å²) in [5, 5.41) is 0.924. The van der Waals surface area contributed by atoms with Gasteiger partial charge in [-0.1, -0.05) is 25.1 Å². The van der Waals surface area contributed by atoms with Crippen LogP contribution in [0.2, 0.25) is 0 Å². The highest BCUT2D eigenvalue weighted by atomic mass is 32.2. The lowest BCUT2D eigenvalue weighted by atomic mass is 10.1. The third-order valence-corrected chi connectivity index (χ3v) is 7.06. The highest BCUT2D eigenvalue weighted by Gasteiger charge is 2.30. The fraction of sp³-hybridized carbons (Fsp3) is 0.318. The summed E-state index contributed by atoms with van der Waals surface area (Å²) in [6.07, 6.45) is 2.51. The van der Waals surface area contributed by atoms with Gasteiger partial charge in [0.2, 0.25) is 15.4 Å². The molecule has 4 rings (SSSR count). The number of anilines is 1. The van der Waals surface area contributed by atoms with E-state index in [9.17, 15) is 8.42 Å². The Labute approximate surface area is 165 Å². The fourth-order valence-corrected chi connectivity index (χ4v) is 5.13. The highest BCUT2D eigenvalue weighted by molar-refractivity contribution is 7.91. The van der Waals surface area contributed by atoms with Crippen LogP contribution in [-0.2, 0) is 21.0 Å². The van der Waals surface area contributed by atoms with E-state index in [1.54, 1.807) is 18.3 Å². The van der Waals surface area contributed by atoms with Gasteiger partial charge in [0.25, 0.3) is 0 Å². The van der Waals surface area contributed by atoms with E-state index >= 15 is 0 Å². The number of nitrogens with one attached hydrogen (secondary N) is 1. The number of aromatic nitrogens is 1. The van der Waals surface area contributed by atoms with Crippen molar-refractivity contribution in [2.24, 2.45) is 0 Å². The van der Waals surface area contributed by atoms with E-state index in [-0.39, 0.29) is 0 Å². The van der Waals surface area contributed by atoms with Gasteiger partial charge in [-0.15, -0.1) is 0 Å². The summed E-state index contributed by atoms with van der Waals surface area (Å²) in [7, 11) is -3.66. The van der Waals surface area contributed by atoms with Crippen LogP contribution in [0.4, 0.5) is 5.69 Å². The van der Waals surface area contributed by atoms with Crippen molar-refractivity contribution in [3.63, 3.8) is 0 Å². The van der Waals surface area contributed by atoms with Gasteiger partial charge in [0.1, 0.15) is 0 Å². The second kappa shape index (κ2) is 7.53. The first-order chi connectivity index (χ1) is 13.5. The lowest BCUT2D eigenvalue weighted by Crippen LogP contribution is -2.37. The zero-order chi connectivity index (χ0) is 19.7. The molecule has 0 saturated carbocycles. The van der Waals surface area contributed by atoms with Gasteiger partial charge in [-0.05, 0) is 42.7 Å². The van der Waals surface area contributed by atoms with Gasteiger partial charge < -0.3 is 9.64 Å². The topological polar surface area (TPSA) is 60.8 Å². The van der Waals surface area contributed by atoms with Crippen LogP contribution in [0.25, 0.3) is 10.9 Å². The molecule has 0 radical (unpaired) electrons. The molecular formula is C22H25N2O3S+. The molecule has 2 heterocycles. The SMILES string of the molecule is CCc1ccc(S(=O)(=O)c2c[nH+]c3ccc(C)cc3c2N2CCOCC2)cc1. The van der Waals surface area contributed by atoms with Gasteiger partial charge >= 0.3 is 0 Å². The van der Waals surface area contributed by atoms with Crippen molar-refractivity contribution < 1.29 is 18.1 Å². The normalized spacial score (nSPS) is 15.1. The summed E-state index contributed by atoms with van der Waals surface area (Å²) in [6.45, 7) is 6.61. The molecule has 0 unspecified atom stereocenters. The monoisotopic (exact) mass is 397 g/mol. The first-order valence-electron chi connectivity index (χ1n) is 9.62. The van der Waals surface area contributed by atoms with E-state index in [1.807, 2.05) is 31.2 Å². The minimum absolute atomic E-state index is 0.316. The molecule has 0 spiro atoms. The molecule has 0 bridgehead atoms. The van der Waals surface area contributed by atoms with Crippen LogP contribution in [-0.4, -0.2) is 34.7 Å². The van der Waals surface area contributed by atoms with Gasteiger partial charge in [-0.3, -0.25) is 0 Å². The van der Waals surface area contributed by atoms with Crippen LogP contribution in [0.15, 0.2) is 58.5 Å². The van der Waals surface area contributed by atoms with Crippen LogP contribution < -0.4 is 9.88 Å². The van der Waals surface area contributed by atoms with Crippen molar-refractivity contribution in [2.45, 2.75) is 30.1 Å². The van der Waals surface area contributed by atoms with Crippen molar-refractivity contribution in [3.05, 3.63) is 59.8 Å². The Morgan fingerprint density at radius 2 is 1.79 bits per heavy atom. The number of fused-ring (bicyclic) bond motifs is 1. The van der Waals surface area contributed by atoms with E-state index in [0.717, 1.165) is 34.1 Å². The largest absolute Gasteiger partial charge is 0.378 e. The first kappa shape index (κ1) is 18.9. The van der Waals surface area contributed by atoms with Gasteiger partial charge in [0, 0.05) is 19.2 Å². The standard InChI is InChI=1S/C22H24N2O3S/c1-3-17-5-7-18(8-6-17)28(25,26)21-15-23-20-9-4-16(2)14-19(20)22(21)24-10-12-27-13-11-24/h4-9,14-15H,3,10-13H2,1-2H3/p+1. The summed E-state index contributed by atoms with van der Waals surface area (Å²) in [5.74, 6) is 0. The second-order valence-corrected chi connectivity index (χ2v) is 9.07. The molecule has 5 nitrogen and oxygen atoms in total. The maximum Gasteiger partial charge on any atom is 0.214 e. The quantitative estimate of drug-likeness (QED) is 0.678. The number of H-pyrrole nitrogens is 1. The van der Waals surface area contributed by atoms with Crippen LogP contribution in [0.5, 0.6) is 0 Å². The number of aromatic amines is 1. The molecule has 1 N–H and O–H groups in total. The second-order valence-electron chi connectivity index (χ2n) is 7.15. The van der Waals surface area contributed by atoms with E-state index in [2.05, 4.69) is 22.9 Å². The van der Waals surface area contributed by atoms with Gasteiger partial charge in [0.15, 0.2) is 11.1 Å². The Balaban J connectivity index is 1.94. The summed E-state index contributed by atoms with van der Waals surface area (Å²) in [5.41, 5.74) is 3.90. The third kappa shape index (κ3) is 3.38. The molecule has 0 aliphatic carbocycles. The average Bonchev–Trinajstić information content (AvgIpc) is 2.73. The molecule has 6 heteroatoms. The van der Waals surface area contributed by atoms with E-state index in [0.29, 0.717) is 36.1 Å². The number of pyridine rings is 1. The molecule has 146 valence electrons. The fourth-order valence-electron chi connectivity index (χ4n) is 3.67. The number of benzene rings is 2. The molecule has 1 aromatic heterocycles. The van der Waals surface area contributed by atoms with Crippen molar-refractivity contribution >= 4 is 26.4 Å². The van der Waals surface area contributed by atoms with Crippen LogP contribution in [0.3, 0.4) is 0 Å². The molecule has 1 aliphatic heterocycles. The highest BCUT2D eigenvalue weighted by Crippen LogP contribution is 2.35. The molecule has 0 atom stereocenters. The Morgan fingerprint density at radius 3 is 2.46 bits per heavy atom. The average molecular weight is 398 g/mol. The third-order valence-electron chi connectivity index (χ3n) is 5.28. The van der Waals surface area contributed by atoms with Gasteiger partial charge in [-0.2, -0.15) is 0 Å². The Hall–Kier alpha value is -2.44. The lowest BCUT2D eigenvalue weighted by Gasteiger charge is -2.30. The van der Waals surface area contributed by atoms with Crippen molar-refractivity contribution in [2.75, 3.05) is 31.2 Å². The summed E-state index contributed by atoms with van der Waals surface area (Å²) < 4.78 is 32.6. The molecule has 1 aliphatic rings. The smallest absolute Gasteiger partial charge is 0.214 e. The van der Waals surface area contributed by atoms with Crippen molar-refractivity contribution in [1.82, 2.24) is 0 Å². The molecule has 2 aromatic carbocycles. The number of hydrogen-bond acceptors (Lipinski definition) is 4. The number of morpholine rings is 1. The number of sulfone groups is 1. The number of rotatable bonds is 4. The van der Waals surface area contributed by atoms with E-state index in [4.69, 9.17) is 4.74 Å². The maximum atomic E-state index is 13.5. The zero-order valence-corrected chi connectivity index (χ0v) is 17.1. The van der Waals surface area contributed by atoms with Crippen LogP contribution >= 0.6 is 0 Å². The minimum Gasteiger partial charge on any atom is -0.378 e. The van der Waals surface area contributed by atoms with Gasteiger partial charge in [0.05, 0.1) is 29.2 Å². The Bertz CT molecular complexity index is 1100. The molecule has 28 heavy (non-hydrogen) atoms. The van der Waals surface area contributed by atoms with E-state index < -0.39 is 9.84 Å². The summed E-state index contributed by atoms with van der Waals surface area (Å²) in [4.78, 5) is 5.95. The number of ether oxygens (including phenoxy) is 1. The number of hydrogen-bond donors (Lipinski definition) is 0. The number of nitrogens with zero attached hydrogens (tertiary/aromatic N) is 1. The van der Waals surface area contributed by atoms with Crippen LogP contribution in [0, 0.1) is 6.92 Å². The van der Waals surface area contributed by atoms with Crippen LogP contribution in [0.1, 0.15) is 18.1 Å². The van der Waals surface area contributed by atoms with Gasteiger partial charge in [-0.25, -0.2) is 13.4 Å². The summed E-state index contributed by atoms with van der Waals surface area (Å²) >= 11 is 0. The Kier molecular flexibility index (Phi) is 5.08.